The number of nitrogens with zero attached hydrogens (tertiary/aromatic N) is 1. The molecule has 1 aromatic heterocycles. The summed E-state index contributed by atoms with van der Waals surface area (Å²) in [5, 5.41) is 3.41. The first-order valence-electron chi connectivity index (χ1n) is 5.15. The molecule has 0 spiro atoms. The summed E-state index contributed by atoms with van der Waals surface area (Å²) in [5.41, 5.74) is 1.19. The zero-order valence-electron chi connectivity index (χ0n) is 8.28. The molecule has 0 saturated carbocycles. The monoisotopic (exact) mass is 192 g/mol. The third-order valence-electron chi connectivity index (χ3n) is 2.50. The van der Waals surface area contributed by atoms with Gasteiger partial charge in [0.05, 0.1) is 13.2 Å². The highest BCUT2D eigenvalue weighted by atomic mass is 16.5. The zero-order chi connectivity index (χ0) is 9.64. The van der Waals surface area contributed by atoms with E-state index in [2.05, 4.69) is 10.3 Å². The van der Waals surface area contributed by atoms with Crippen LogP contribution in [0, 0.1) is 0 Å². The molecule has 0 bridgehead atoms. The molecule has 0 radical (unpaired) electrons. The Kier molecular flexibility index (Phi) is 3.49. The molecule has 0 aliphatic carbocycles. The van der Waals surface area contributed by atoms with Gasteiger partial charge in [-0.1, -0.05) is 0 Å². The fraction of sp³-hybridized carbons (Fsp3) is 0.545. The van der Waals surface area contributed by atoms with Crippen LogP contribution in [-0.2, 0) is 11.3 Å². The Labute approximate surface area is 84.5 Å². The highest BCUT2D eigenvalue weighted by molar-refractivity contribution is 5.07. The zero-order valence-corrected chi connectivity index (χ0v) is 8.28. The number of rotatable bonds is 4. The Morgan fingerprint density at radius 3 is 3.00 bits per heavy atom. The van der Waals surface area contributed by atoms with Crippen LogP contribution in [0.3, 0.4) is 0 Å². The maximum atomic E-state index is 5.61. The standard InChI is InChI=1S/C11H16N2O/c1-2-11(13-5-1)9-14-8-10-3-6-12-7-4-10/h3-4,6-7,11,13H,1-2,5,8-9H2. The van der Waals surface area contributed by atoms with Crippen molar-refractivity contribution in [1.82, 2.24) is 10.3 Å². The lowest BCUT2D eigenvalue weighted by Gasteiger charge is -2.10. The van der Waals surface area contributed by atoms with Crippen molar-refractivity contribution in [3.05, 3.63) is 30.1 Å². The van der Waals surface area contributed by atoms with E-state index in [1.807, 2.05) is 12.1 Å². The van der Waals surface area contributed by atoms with Crippen LogP contribution in [0.15, 0.2) is 24.5 Å². The Bertz CT molecular complexity index is 257. The lowest BCUT2D eigenvalue weighted by atomic mass is 10.2. The van der Waals surface area contributed by atoms with Gasteiger partial charge in [0.25, 0.3) is 0 Å². The second-order valence-corrected chi connectivity index (χ2v) is 3.66. The van der Waals surface area contributed by atoms with Crippen molar-refractivity contribution < 1.29 is 4.74 Å². The first-order chi connectivity index (χ1) is 6.95. The predicted molar refractivity (Wildman–Crippen MR) is 54.9 cm³/mol. The minimum atomic E-state index is 0.567. The minimum absolute atomic E-state index is 0.567. The van der Waals surface area contributed by atoms with E-state index in [0.29, 0.717) is 12.6 Å². The second-order valence-electron chi connectivity index (χ2n) is 3.66. The van der Waals surface area contributed by atoms with Crippen molar-refractivity contribution in [3.8, 4) is 0 Å². The highest BCUT2D eigenvalue weighted by Crippen LogP contribution is 2.06. The van der Waals surface area contributed by atoms with Gasteiger partial charge in [0.1, 0.15) is 0 Å². The van der Waals surface area contributed by atoms with E-state index >= 15 is 0 Å². The molecule has 76 valence electrons. The summed E-state index contributed by atoms with van der Waals surface area (Å²) in [6.45, 7) is 2.66. The van der Waals surface area contributed by atoms with Gasteiger partial charge in [-0.2, -0.15) is 0 Å². The molecule has 0 aromatic carbocycles. The molecule has 0 amide bonds. The lowest BCUT2D eigenvalue weighted by molar-refractivity contribution is 0.103. The summed E-state index contributed by atoms with van der Waals surface area (Å²) in [6.07, 6.45) is 6.12. The van der Waals surface area contributed by atoms with Crippen LogP contribution in [0.1, 0.15) is 18.4 Å². The number of hydrogen-bond donors (Lipinski definition) is 1. The van der Waals surface area contributed by atoms with E-state index in [9.17, 15) is 0 Å². The van der Waals surface area contributed by atoms with Gasteiger partial charge in [0.15, 0.2) is 0 Å². The van der Waals surface area contributed by atoms with Crippen molar-refractivity contribution in [2.24, 2.45) is 0 Å². The lowest BCUT2D eigenvalue weighted by Crippen LogP contribution is -2.26. The molecule has 1 saturated heterocycles. The van der Waals surface area contributed by atoms with E-state index in [0.717, 1.165) is 13.2 Å². The summed E-state index contributed by atoms with van der Waals surface area (Å²) in [7, 11) is 0. The molecule has 1 N–H and O–H groups in total. The molecule has 14 heavy (non-hydrogen) atoms. The molecule has 3 nitrogen and oxygen atoms in total. The van der Waals surface area contributed by atoms with Crippen LogP contribution < -0.4 is 5.32 Å². The maximum Gasteiger partial charge on any atom is 0.0718 e. The van der Waals surface area contributed by atoms with Crippen LogP contribution in [0.5, 0.6) is 0 Å². The largest absolute Gasteiger partial charge is 0.375 e. The van der Waals surface area contributed by atoms with E-state index in [1.54, 1.807) is 12.4 Å². The molecule has 3 heteroatoms. The predicted octanol–water partition coefficient (Wildman–Crippen LogP) is 1.35. The Morgan fingerprint density at radius 2 is 2.29 bits per heavy atom. The van der Waals surface area contributed by atoms with Crippen molar-refractivity contribution >= 4 is 0 Å². The molecule has 1 aromatic rings. The quantitative estimate of drug-likeness (QED) is 0.782. The fourth-order valence-electron chi connectivity index (χ4n) is 1.70. The van der Waals surface area contributed by atoms with Gasteiger partial charge in [0, 0.05) is 18.4 Å². The van der Waals surface area contributed by atoms with Gasteiger partial charge in [-0.05, 0) is 37.1 Å². The summed E-state index contributed by atoms with van der Waals surface area (Å²) in [5.74, 6) is 0. The normalized spacial score (nSPS) is 21.3. The van der Waals surface area contributed by atoms with Crippen molar-refractivity contribution in [3.63, 3.8) is 0 Å². The molecule has 1 aliphatic rings. The van der Waals surface area contributed by atoms with E-state index in [-0.39, 0.29) is 0 Å². The van der Waals surface area contributed by atoms with E-state index < -0.39 is 0 Å². The molecule has 1 atom stereocenters. The third kappa shape index (κ3) is 2.79. The van der Waals surface area contributed by atoms with Gasteiger partial charge in [-0.25, -0.2) is 0 Å². The van der Waals surface area contributed by atoms with Crippen LogP contribution >= 0.6 is 0 Å². The summed E-state index contributed by atoms with van der Waals surface area (Å²) in [4.78, 5) is 3.96. The Balaban J connectivity index is 1.67. The van der Waals surface area contributed by atoms with E-state index in [1.165, 1.54) is 18.4 Å². The van der Waals surface area contributed by atoms with Crippen LogP contribution in [0.25, 0.3) is 0 Å². The number of nitrogens with one attached hydrogen (secondary N) is 1. The molecule has 2 rings (SSSR count). The minimum Gasteiger partial charge on any atom is -0.375 e. The molecule has 1 aliphatic heterocycles. The van der Waals surface area contributed by atoms with Crippen molar-refractivity contribution in [2.75, 3.05) is 13.2 Å². The van der Waals surface area contributed by atoms with Crippen LogP contribution in [-0.4, -0.2) is 24.2 Å². The van der Waals surface area contributed by atoms with Gasteiger partial charge in [0.2, 0.25) is 0 Å². The first kappa shape index (κ1) is 9.62. The van der Waals surface area contributed by atoms with Crippen molar-refractivity contribution in [1.29, 1.82) is 0 Å². The summed E-state index contributed by atoms with van der Waals surface area (Å²) in [6, 6.07) is 4.54. The molecular weight excluding hydrogens is 176 g/mol. The van der Waals surface area contributed by atoms with Crippen molar-refractivity contribution in [2.45, 2.75) is 25.5 Å². The van der Waals surface area contributed by atoms with E-state index in [4.69, 9.17) is 4.74 Å². The number of aromatic nitrogens is 1. The second kappa shape index (κ2) is 5.08. The summed E-state index contributed by atoms with van der Waals surface area (Å²) >= 11 is 0. The fourth-order valence-corrected chi connectivity index (χ4v) is 1.70. The maximum absolute atomic E-state index is 5.61. The highest BCUT2D eigenvalue weighted by Gasteiger charge is 2.13. The van der Waals surface area contributed by atoms with Crippen LogP contribution in [0.2, 0.25) is 0 Å². The average Bonchev–Trinajstić information content (AvgIpc) is 2.72. The molecule has 2 heterocycles. The van der Waals surface area contributed by atoms with Gasteiger partial charge in [-0.15, -0.1) is 0 Å². The Morgan fingerprint density at radius 1 is 1.43 bits per heavy atom. The summed E-state index contributed by atoms with van der Waals surface area (Å²) < 4.78 is 5.61. The van der Waals surface area contributed by atoms with Gasteiger partial charge >= 0.3 is 0 Å². The van der Waals surface area contributed by atoms with Crippen LogP contribution in [0.4, 0.5) is 0 Å². The molecule has 1 fully saturated rings. The number of ether oxygens (including phenoxy) is 1. The topological polar surface area (TPSA) is 34.1 Å². The van der Waals surface area contributed by atoms with Gasteiger partial charge in [-0.3, -0.25) is 4.98 Å². The Hall–Kier alpha value is -0.930. The average molecular weight is 192 g/mol. The molecule has 1 unspecified atom stereocenters. The molecular formula is C11H16N2O. The number of hydrogen-bond acceptors (Lipinski definition) is 3. The SMILES string of the molecule is c1cc(COCC2CCCN2)ccn1. The van der Waals surface area contributed by atoms with Gasteiger partial charge < -0.3 is 10.1 Å². The third-order valence-corrected chi connectivity index (χ3v) is 2.50. The number of pyridine rings is 1. The smallest absolute Gasteiger partial charge is 0.0718 e. The first-order valence-corrected chi connectivity index (χ1v) is 5.15.